The Bertz CT molecular complexity index is 808. The summed E-state index contributed by atoms with van der Waals surface area (Å²) in [4.78, 5) is 5.86. The third-order valence-corrected chi connectivity index (χ3v) is 5.43. The van der Waals surface area contributed by atoms with Crippen LogP contribution in [0.3, 0.4) is 0 Å². The van der Waals surface area contributed by atoms with E-state index in [9.17, 15) is 4.39 Å². The van der Waals surface area contributed by atoms with Crippen molar-refractivity contribution in [3.8, 4) is 0 Å². The molecule has 4 rings (SSSR count). The van der Waals surface area contributed by atoms with Crippen LogP contribution in [0.5, 0.6) is 0 Å². The van der Waals surface area contributed by atoms with Crippen LogP contribution in [0.1, 0.15) is 35.1 Å². The number of hydrogen-bond donors (Lipinski definition) is 0. The van der Waals surface area contributed by atoms with Gasteiger partial charge in [-0.2, -0.15) is 0 Å². The highest BCUT2D eigenvalue weighted by molar-refractivity contribution is 7.10. The summed E-state index contributed by atoms with van der Waals surface area (Å²) in [5.41, 5.74) is 2.62. The molecular weight excluding hydrogens is 307 g/mol. The minimum atomic E-state index is -0.279. The fourth-order valence-corrected chi connectivity index (χ4v) is 4.47. The van der Waals surface area contributed by atoms with Crippen molar-refractivity contribution in [2.45, 2.75) is 31.2 Å². The van der Waals surface area contributed by atoms with Crippen LogP contribution < -0.4 is 0 Å². The lowest BCUT2D eigenvalue weighted by Gasteiger charge is -2.26. The maximum absolute atomic E-state index is 14.0. The molecule has 0 radical (unpaired) electrons. The van der Waals surface area contributed by atoms with Gasteiger partial charge in [-0.15, -0.1) is 22.9 Å². The van der Waals surface area contributed by atoms with E-state index in [1.807, 2.05) is 17.4 Å². The maximum Gasteiger partial charge on any atom is 0.151 e. The summed E-state index contributed by atoms with van der Waals surface area (Å²) in [5.74, 6) is 0.768. The molecule has 0 saturated heterocycles. The Labute approximate surface area is 131 Å². The van der Waals surface area contributed by atoms with Crippen molar-refractivity contribution in [3.05, 3.63) is 51.7 Å². The molecule has 2 heterocycles. The lowest BCUT2D eigenvalue weighted by Crippen LogP contribution is -2.17. The van der Waals surface area contributed by atoms with E-state index < -0.39 is 0 Å². The number of aryl methyl sites for hydroxylation is 1. The molecule has 1 atom stereocenters. The zero-order valence-electron chi connectivity index (χ0n) is 11.4. The minimum absolute atomic E-state index is 0.223. The first kappa shape index (κ1) is 13.3. The first-order valence-electron chi connectivity index (χ1n) is 7.07. The van der Waals surface area contributed by atoms with E-state index in [2.05, 4.69) is 21.0 Å². The van der Waals surface area contributed by atoms with Gasteiger partial charge in [0, 0.05) is 4.88 Å². The van der Waals surface area contributed by atoms with Crippen molar-refractivity contribution in [1.82, 2.24) is 9.55 Å². The number of nitrogens with zero attached hydrogens (tertiary/aromatic N) is 2. The van der Waals surface area contributed by atoms with E-state index in [-0.39, 0.29) is 11.9 Å². The van der Waals surface area contributed by atoms with Gasteiger partial charge in [0.15, 0.2) is 5.82 Å². The normalized spacial score (nSPS) is 18.1. The molecule has 0 bridgehead atoms. The highest BCUT2D eigenvalue weighted by Crippen LogP contribution is 2.38. The quantitative estimate of drug-likeness (QED) is 0.614. The van der Waals surface area contributed by atoms with Gasteiger partial charge < -0.3 is 4.57 Å². The van der Waals surface area contributed by atoms with Gasteiger partial charge in [0.2, 0.25) is 0 Å². The van der Waals surface area contributed by atoms with Gasteiger partial charge in [-0.3, -0.25) is 0 Å². The zero-order chi connectivity index (χ0) is 14.4. The Morgan fingerprint density at radius 1 is 1.38 bits per heavy atom. The van der Waals surface area contributed by atoms with E-state index in [1.54, 1.807) is 6.07 Å². The van der Waals surface area contributed by atoms with Gasteiger partial charge in [-0.05, 0) is 48.4 Å². The number of alkyl halides is 1. The Morgan fingerprint density at radius 3 is 3.14 bits per heavy atom. The second kappa shape index (κ2) is 5.11. The van der Waals surface area contributed by atoms with Crippen LogP contribution in [0.2, 0.25) is 0 Å². The number of thiophene rings is 1. The largest absolute Gasteiger partial charge is 0.319 e. The fraction of sp³-hybridized carbons (Fsp3) is 0.312. The van der Waals surface area contributed by atoms with Crippen LogP contribution in [-0.2, 0) is 12.3 Å². The van der Waals surface area contributed by atoms with Crippen LogP contribution >= 0.6 is 22.9 Å². The lowest BCUT2D eigenvalue weighted by molar-refractivity contribution is 0.495. The molecule has 0 aliphatic heterocycles. The molecule has 0 fully saturated rings. The Morgan fingerprint density at radius 2 is 2.29 bits per heavy atom. The van der Waals surface area contributed by atoms with E-state index in [0.717, 1.165) is 30.6 Å². The van der Waals surface area contributed by atoms with Crippen molar-refractivity contribution in [2.75, 3.05) is 0 Å². The highest BCUT2D eigenvalue weighted by atomic mass is 35.5. The first-order chi connectivity index (χ1) is 10.3. The summed E-state index contributed by atoms with van der Waals surface area (Å²) in [5, 5.41) is 2.14. The third kappa shape index (κ3) is 2.00. The molecule has 0 amide bonds. The van der Waals surface area contributed by atoms with Crippen molar-refractivity contribution in [1.29, 1.82) is 0 Å². The number of para-hydroxylation sites is 1. The van der Waals surface area contributed by atoms with Crippen LogP contribution in [-0.4, -0.2) is 9.55 Å². The second-order valence-corrected chi connectivity index (χ2v) is 6.61. The predicted molar refractivity (Wildman–Crippen MR) is 84.6 cm³/mol. The molecule has 3 aromatic rings. The third-order valence-electron chi connectivity index (χ3n) is 4.20. The summed E-state index contributed by atoms with van der Waals surface area (Å²) < 4.78 is 16.1. The molecule has 21 heavy (non-hydrogen) atoms. The van der Waals surface area contributed by atoms with Gasteiger partial charge in [0.05, 0.1) is 17.4 Å². The molecule has 2 nitrogen and oxygen atoms in total. The number of benzene rings is 1. The van der Waals surface area contributed by atoms with E-state index in [4.69, 9.17) is 11.6 Å². The fourth-order valence-electron chi connectivity index (χ4n) is 3.30. The van der Waals surface area contributed by atoms with Gasteiger partial charge in [0.1, 0.15) is 11.3 Å². The Hall–Kier alpha value is -1.39. The van der Waals surface area contributed by atoms with Crippen LogP contribution in [0.15, 0.2) is 29.6 Å². The topological polar surface area (TPSA) is 17.8 Å². The van der Waals surface area contributed by atoms with Crippen molar-refractivity contribution < 1.29 is 4.39 Å². The Kier molecular flexibility index (Phi) is 3.23. The first-order valence-corrected chi connectivity index (χ1v) is 8.48. The molecule has 0 N–H and O–H groups in total. The molecule has 2 aromatic heterocycles. The number of fused-ring (bicyclic) bond motifs is 2. The van der Waals surface area contributed by atoms with Gasteiger partial charge >= 0.3 is 0 Å². The predicted octanol–water partition coefficient (Wildman–Crippen LogP) is 4.90. The van der Waals surface area contributed by atoms with Gasteiger partial charge in [-0.25, -0.2) is 9.37 Å². The average Bonchev–Trinajstić information content (AvgIpc) is 3.11. The number of halogens is 2. The second-order valence-electron chi connectivity index (χ2n) is 5.35. The standard InChI is InChI=1S/C16H14ClFN2S/c17-9-15-19-16-11(18)3-1-5-13(16)20(15)12-4-2-6-14-10(12)7-8-21-14/h1,3,5,7-8,12H,2,4,6,9H2. The molecule has 0 saturated carbocycles. The summed E-state index contributed by atoms with van der Waals surface area (Å²) in [6.45, 7) is 0. The van der Waals surface area contributed by atoms with Gasteiger partial charge in [0.25, 0.3) is 0 Å². The molecule has 108 valence electrons. The number of aromatic nitrogens is 2. The molecule has 5 heteroatoms. The summed E-state index contributed by atoms with van der Waals surface area (Å²) in [7, 11) is 0. The Balaban J connectivity index is 1.97. The van der Waals surface area contributed by atoms with Crippen LogP contribution in [0, 0.1) is 5.82 Å². The van der Waals surface area contributed by atoms with Gasteiger partial charge in [-0.1, -0.05) is 6.07 Å². The molecule has 1 aromatic carbocycles. The molecule has 1 unspecified atom stereocenters. The number of rotatable bonds is 2. The highest BCUT2D eigenvalue weighted by Gasteiger charge is 2.26. The van der Waals surface area contributed by atoms with E-state index in [0.29, 0.717) is 11.4 Å². The summed E-state index contributed by atoms with van der Waals surface area (Å²) in [6, 6.07) is 7.54. The van der Waals surface area contributed by atoms with E-state index in [1.165, 1.54) is 16.5 Å². The molecule has 1 aliphatic carbocycles. The van der Waals surface area contributed by atoms with Crippen LogP contribution in [0.4, 0.5) is 4.39 Å². The minimum Gasteiger partial charge on any atom is -0.319 e. The zero-order valence-corrected chi connectivity index (χ0v) is 12.9. The van der Waals surface area contributed by atoms with Crippen molar-refractivity contribution in [2.24, 2.45) is 0 Å². The SMILES string of the molecule is Fc1cccc2c1nc(CCl)n2C1CCCc2sccc21. The van der Waals surface area contributed by atoms with Crippen molar-refractivity contribution in [3.63, 3.8) is 0 Å². The average molecular weight is 321 g/mol. The molecule has 0 spiro atoms. The van der Waals surface area contributed by atoms with Crippen LogP contribution in [0.25, 0.3) is 11.0 Å². The smallest absolute Gasteiger partial charge is 0.151 e. The number of imidazole rings is 1. The molecule has 1 aliphatic rings. The maximum atomic E-state index is 14.0. The monoisotopic (exact) mass is 320 g/mol. The van der Waals surface area contributed by atoms with Crippen molar-refractivity contribution >= 4 is 34.0 Å². The molecular formula is C16H14ClFN2S. The summed E-state index contributed by atoms with van der Waals surface area (Å²) in [6.07, 6.45) is 3.34. The van der Waals surface area contributed by atoms with E-state index >= 15 is 0 Å². The summed E-state index contributed by atoms with van der Waals surface area (Å²) >= 11 is 7.88. The lowest BCUT2D eigenvalue weighted by atomic mass is 9.93. The number of hydrogen-bond acceptors (Lipinski definition) is 2.